The third-order valence-corrected chi connectivity index (χ3v) is 3.87. The van der Waals surface area contributed by atoms with Crippen molar-refractivity contribution in [2.75, 3.05) is 5.43 Å². The molecule has 2 rings (SSSR count). The van der Waals surface area contributed by atoms with Gasteiger partial charge in [-0.3, -0.25) is 10.9 Å². The van der Waals surface area contributed by atoms with E-state index >= 15 is 0 Å². The first-order valence-corrected chi connectivity index (χ1v) is 8.63. The van der Waals surface area contributed by atoms with Gasteiger partial charge in [-0.15, -0.1) is 0 Å². The molecule has 0 aromatic heterocycles. The van der Waals surface area contributed by atoms with E-state index in [-0.39, 0.29) is 11.2 Å². The summed E-state index contributed by atoms with van der Waals surface area (Å²) in [4.78, 5) is 0. The molecule has 0 aliphatic heterocycles. The van der Waals surface area contributed by atoms with Crippen molar-refractivity contribution >= 4 is 23.0 Å². The Morgan fingerprint density at radius 2 is 1.74 bits per heavy atom. The van der Waals surface area contributed by atoms with Crippen molar-refractivity contribution in [2.45, 2.75) is 64.1 Å². The summed E-state index contributed by atoms with van der Waals surface area (Å²) in [5.74, 6) is 0. The number of nitrogens with zero attached hydrogens (tertiary/aromatic N) is 2. The number of hydrogen-bond donors (Lipinski definition) is 3. The van der Waals surface area contributed by atoms with Gasteiger partial charge in [0.05, 0.1) is 11.2 Å². The number of hydrazine groups is 1. The van der Waals surface area contributed by atoms with Crippen molar-refractivity contribution in [3.05, 3.63) is 30.3 Å². The van der Waals surface area contributed by atoms with E-state index < -0.39 is 0 Å². The van der Waals surface area contributed by atoms with E-state index in [9.17, 15) is 0 Å². The lowest BCUT2D eigenvalue weighted by atomic mass is 9.90. The van der Waals surface area contributed by atoms with Gasteiger partial charge in [0.2, 0.25) is 0 Å². The number of nitrogens with one attached hydrogen (secondary N) is 3. The van der Waals surface area contributed by atoms with E-state index in [0.717, 1.165) is 31.4 Å². The number of thiocarbonyl (C=S) groups is 1. The number of hydrogen-bond acceptors (Lipinski definition) is 4. The highest BCUT2D eigenvalue weighted by atomic mass is 32.1. The third kappa shape index (κ3) is 6.14. The summed E-state index contributed by atoms with van der Waals surface area (Å²) in [5, 5.41) is 13.0. The molecule has 126 valence electrons. The standard InChI is InChI=1S/C17H27N5S/c1-16(2,3)21-22-17(12-8-5-9-13-17)18-15(23)20-19-14-10-6-4-7-11-14/h4,6-7,10-11,19H,5,8-9,12-13H2,1-3H3,(H2,18,20,23)/b22-21+. The predicted molar refractivity (Wildman–Crippen MR) is 99.4 cm³/mol. The molecule has 1 aromatic carbocycles. The maximum Gasteiger partial charge on any atom is 0.187 e. The Morgan fingerprint density at radius 1 is 1.09 bits per heavy atom. The minimum atomic E-state index is -0.381. The summed E-state index contributed by atoms with van der Waals surface area (Å²) in [6.45, 7) is 6.17. The van der Waals surface area contributed by atoms with Crippen molar-refractivity contribution in [1.29, 1.82) is 0 Å². The van der Waals surface area contributed by atoms with Crippen LogP contribution in [0.1, 0.15) is 52.9 Å². The van der Waals surface area contributed by atoms with Crippen molar-refractivity contribution in [1.82, 2.24) is 10.7 Å². The number of benzene rings is 1. The highest BCUT2D eigenvalue weighted by Gasteiger charge is 2.33. The molecule has 6 heteroatoms. The fraction of sp³-hybridized carbons (Fsp3) is 0.588. The summed E-state index contributed by atoms with van der Waals surface area (Å²) in [5.41, 5.74) is 6.54. The highest BCUT2D eigenvalue weighted by molar-refractivity contribution is 7.80. The third-order valence-electron chi connectivity index (χ3n) is 3.66. The number of para-hydroxylation sites is 1. The van der Waals surface area contributed by atoms with Crippen molar-refractivity contribution in [3.8, 4) is 0 Å². The lowest BCUT2D eigenvalue weighted by Crippen LogP contribution is -2.53. The molecule has 1 aliphatic rings. The largest absolute Gasteiger partial charge is 0.336 e. The quantitative estimate of drug-likeness (QED) is 0.434. The minimum absolute atomic E-state index is 0.177. The van der Waals surface area contributed by atoms with Gasteiger partial charge in [0.1, 0.15) is 0 Å². The maximum absolute atomic E-state index is 5.43. The molecule has 5 nitrogen and oxygen atoms in total. The molecule has 1 fully saturated rings. The van der Waals surface area contributed by atoms with Crippen LogP contribution in [0.3, 0.4) is 0 Å². The van der Waals surface area contributed by atoms with Crippen LogP contribution in [0.2, 0.25) is 0 Å². The van der Waals surface area contributed by atoms with E-state index in [0.29, 0.717) is 5.11 Å². The first-order valence-electron chi connectivity index (χ1n) is 8.22. The van der Waals surface area contributed by atoms with Gasteiger partial charge in [-0.2, -0.15) is 10.2 Å². The highest BCUT2D eigenvalue weighted by Crippen LogP contribution is 2.30. The lowest BCUT2D eigenvalue weighted by Gasteiger charge is -2.35. The lowest BCUT2D eigenvalue weighted by molar-refractivity contribution is 0.255. The average Bonchev–Trinajstić information content (AvgIpc) is 2.52. The number of rotatable bonds is 4. The van der Waals surface area contributed by atoms with Crippen LogP contribution >= 0.6 is 12.2 Å². The van der Waals surface area contributed by atoms with Gasteiger partial charge in [0.15, 0.2) is 10.8 Å². The van der Waals surface area contributed by atoms with E-state index in [1.807, 2.05) is 30.3 Å². The molecule has 1 saturated carbocycles. The van der Waals surface area contributed by atoms with E-state index in [1.165, 1.54) is 6.42 Å². The van der Waals surface area contributed by atoms with Gasteiger partial charge >= 0.3 is 0 Å². The number of azo groups is 1. The zero-order valence-corrected chi connectivity index (χ0v) is 15.0. The van der Waals surface area contributed by atoms with Crippen LogP contribution in [-0.2, 0) is 0 Å². The van der Waals surface area contributed by atoms with Crippen LogP contribution < -0.4 is 16.2 Å². The van der Waals surface area contributed by atoms with E-state index in [2.05, 4.69) is 47.2 Å². The second kappa shape index (κ2) is 7.73. The fourth-order valence-electron chi connectivity index (χ4n) is 2.53. The fourth-order valence-corrected chi connectivity index (χ4v) is 2.77. The molecule has 3 N–H and O–H groups in total. The van der Waals surface area contributed by atoms with Gasteiger partial charge in [-0.05, 0) is 70.8 Å². The van der Waals surface area contributed by atoms with Gasteiger partial charge in [-0.1, -0.05) is 24.6 Å². The Labute approximate surface area is 144 Å². The minimum Gasteiger partial charge on any atom is -0.336 e. The maximum atomic E-state index is 5.43. The van der Waals surface area contributed by atoms with Crippen molar-refractivity contribution in [3.63, 3.8) is 0 Å². The van der Waals surface area contributed by atoms with Gasteiger partial charge < -0.3 is 5.32 Å². The van der Waals surface area contributed by atoms with Crippen LogP contribution in [0.4, 0.5) is 5.69 Å². The Morgan fingerprint density at radius 3 is 2.35 bits per heavy atom. The Hall–Kier alpha value is -1.69. The molecule has 0 unspecified atom stereocenters. The molecule has 1 aromatic rings. The van der Waals surface area contributed by atoms with E-state index in [1.54, 1.807) is 0 Å². The molecule has 1 aliphatic carbocycles. The van der Waals surface area contributed by atoms with Crippen molar-refractivity contribution < 1.29 is 0 Å². The molecule has 23 heavy (non-hydrogen) atoms. The zero-order valence-electron chi connectivity index (χ0n) is 14.2. The smallest absolute Gasteiger partial charge is 0.187 e. The molecular formula is C17H27N5S. The summed E-state index contributed by atoms with van der Waals surface area (Å²) in [6.07, 6.45) is 5.45. The topological polar surface area (TPSA) is 60.8 Å². The van der Waals surface area contributed by atoms with Crippen LogP contribution in [0.25, 0.3) is 0 Å². The SMILES string of the molecule is CC(C)(C)/N=N/C1(NC(=S)NNc2ccccc2)CCCCC1. The Balaban J connectivity index is 1.97. The first-order chi connectivity index (χ1) is 10.9. The van der Waals surface area contributed by atoms with Crippen molar-refractivity contribution in [2.24, 2.45) is 10.2 Å². The normalized spacial score (nSPS) is 17.7. The summed E-state index contributed by atoms with van der Waals surface area (Å²) < 4.78 is 0. The Bertz CT molecular complexity index is 530. The second-order valence-corrected chi connectivity index (χ2v) is 7.44. The van der Waals surface area contributed by atoms with Gasteiger partial charge in [-0.25, -0.2) is 0 Å². The molecular weight excluding hydrogens is 306 g/mol. The van der Waals surface area contributed by atoms with Gasteiger partial charge in [0.25, 0.3) is 0 Å². The molecule has 0 amide bonds. The zero-order chi connectivity index (χ0) is 16.8. The summed E-state index contributed by atoms with van der Waals surface area (Å²) >= 11 is 5.43. The van der Waals surface area contributed by atoms with Crippen LogP contribution in [-0.4, -0.2) is 16.3 Å². The summed E-state index contributed by atoms with van der Waals surface area (Å²) in [7, 11) is 0. The molecule has 0 atom stereocenters. The van der Waals surface area contributed by atoms with E-state index in [4.69, 9.17) is 12.2 Å². The monoisotopic (exact) mass is 333 g/mol. The van der Waals surface area contributed by atoms with Gasteiger partial charge in [0, 0.05) is 0 Å². The molecule has 0 radical (unpaired) electrons. The molecule has 0 bridgehead atoms. The van der Waals surface area contributed by atoms with Crippen LogP contribution in [0.5, 0.6) is 0 Å². The number of anilines is 1. The predicted octanol–water partition coefficient (Wildman–Crippen LogP) is 4.39. The molecule has 0 spiro atoms. The van der Waals surface area contributed by atoms with Crippen LogP contribution in [0, 0.1) is 0 Å². The molecule has 0 saturated heterocycles. The van der Waals surface area contributed by atoms with Crippen LogP contribution in [0.15, 0.2) is 40.6 Å². The summed E-state index contributed by atoms with van der Waals surface area (Å²) in [6, 6.07) is 9.88. The second-order valence-electron chi connectivity index (χ2n) is 7.03. The first kappa shape index (κ1) is 17.7. The molecule has 0 heterocycles. The average molecular weight is 334 g/mol. The Kier molecular flexibility index (Phi) is 5.93.